The van der Waals surface area contributed by atoms with Gasteiger partial charge in [-0.25, -0.2) is 4.39 Å². The van der Waals surface area contributed by atoms with Gasteiger partial charge in [-0.15, -0.1) is 11.6 Å². The predicted octanol–water partition coefficient (Wildman–Crippen LogP) is 5.23. The van der Waals surface area contributed by atoms with E-state index >= 15 is 0 Å². The lowest BCUT2D eigenvalue weighted by molar-refractivity contribution is 0.410. The molecule has 0 heterocycles. The van der Waals surface area contributed by atoms with Crippen LogP contribution in [-0.4, -0.2) is 7.11 Å². The topological polar surface area (TPSA) is 9.23 Å². The van der Waals surface area contributed by atoms with E-state index in [1.54, 1.807) is 25.3 Å². The normalized spacial score (nSPS) is 12.3. The number of alkyl halides is 1. The molecule has 1 atom stereocenters. The van der Waals surface area contributed by atoms with Crippen molar-refractivity contribution in [2.45, 2.75) is 12.3 Å². The number of hydrogen-bond acceptors (Lipinski definition) is 1. The second-order valence-electron chi connectivity index (χ2n) is 4.25. The van der Waals surface area contributed by atoms with E-state index < -0.39 is 5.38 Å². The highest BCUT2D eigenvalue weighted by molar-refractivity contribution is 9.10. The molecule has 0 aromatic heterocycles. The van der Waals surface area contributed by atoms with Crippen molar-refractivity contribution in [3.8, 4) is 5.75 Å². The van der Waals surface area contributed by atoms with E-state index in [0.717, 1.165) is 11.1 Å². The molecule has 0 saturated heterocycles. The third-order valence-electron chi connectivity index (χ3n) is 2.91. The zero-order valence-electron chi connectivity index (χ0n) is 10.6. The predicted molar refractivity (Wildman–Crippen MR) is 79.5 cm³/mol. The van der Waals surface area contributed by atoms with Crippen LogP contribution in [0, 0.1) is 12.7 Å². The summed E-state index contributed by atoms with van der Waals surface area (Å²) in [5.41, 5.74) is 2.25. The van der Waals surface area contributed by atoms with Gasteiger partial charge < -0.3 is 4.74 Å². The fraction of sp³-hybridized carbons (Fsp3) is 0.200. The highest BCUT2D eigenvalue weighted by Crippen LogP contribution is 2.38. The summed E-state index contributed by atoms with van der Waals surface area (Å²) in [7, 11) is 1.58. The second-order valence-corrected chi connectivity index (χ2v) is 5.54. The number of methoxy groups -OCH3 is 1. The summed E-state index contributed by atoms with van der Waals surface area (Å²) in [5, 5.41) is -0.590. The number of rotatable bonds is 3. The van der Waals surface area contributed by atoms with Crippen LogP contribution in [0.5, 0.6) is 5.75 Å². The molecule has 0 aliphatic rings. The van der Waals surface area contributed by atoms with Crippen molar-refractivity contribution in [2.75, 3.05) is 7.11 Å². The standard InChI is InChI=1S/C15H13BrClFO/c1-9-6-7-13(19-2)11(8-9)14(17)10-4-3-5-12(16)15(10)18/h3-8,14H,1-2H3. The Bertz CT molecular complexity index is 601. The number of aryl methyl sites for hydroxylation is 1. The van der Waals surface area contributed by atoms with Crippen LogP contribution < -0.4 is 4.74 Å². The van der Waals surface area contributed by atoms with E-state index in [2.05, 4.69) is 15.9 Å². The lowest BCUT2D eigenvalue weighted by Gasteiger charge is -2.16. The van der Waals surface area contributed by atoms with Gasteiger partial charge in [0.25, 0.3) is 0 Å². The number of hydrogen-bond donors (Lipinski definition) is 0. The summed E-state index contributed by atoms with van der Waals surface area (Å²) in [6.07, 6.45) is 0. The van der Waals surface area contributed by atoms with Crippen LogP contribution in [0.1, 0.15) is 22.1 Å². The molecular formula is C15H13BrClFO. The van der Waals surface area contributed by atoms with Gasteiger partial charge in [0.2, 0.25) is 0 Å². The highest BCUT2D eigenvalue weighted by atomic mass is 79.9. The smallest absolute Gasteiger partial charge is 0.142 e. The fourth-order valence-electron chi connectivity index (χ4n) is 1.94. The molecule has 1 unspecified atom stereocenters. The van der Waals surface area contributed by atoms with Crippen LogP contribution in [0.3, 0.4) is 0 Å². The van der Waals surface area contributed by atoms with Gasteiger partial charge in [-0.3, -0.25) is 0 Å². The van der Waals surface area contributed by atoms with Crippen molar-refractivity contribution >= 4 is 27.5 Å². The Morgan fingerprint density at radius 1 is 1.21 bits per heavy atom. The van der Waals surface area contributed by atoms with E-state index in [1.165, 1.54) is 0 Å². The van der Waals surface area contributed by atoms with E-state index in [9.17, 15) is 4.39 Å². The fourth-order valence-corrected chi connectivity index (χ4v) is 2.66. The van der Waals surface area contributed by atoms with Crippen LogP contribution in [0.2, 0.25) is 0 Å². The van der Waals surface area contributed by atoms with Gasteiger partial charge in [0.1, 0.15) is 11.6 Å². The monoisotopic (exact) mass is 342 g/mol. The largest absolute Gasteiger partial charge is 0.496 e. The first-order valence-electron chi connectivity index (χ1n) is 5.77. The molecule has 0 aliphatic heterocycles. The summed E-state index contributed by atoms with van der Waals surface area (Å²) in [6.45, 7) is 1.96. The summed E-state index contributed by atoms with van der Waals surface area (Å²) >= 11 is 9.60. The van der Waals surface area contributed by atoms with Gasteiger partial charge in [0.05, 0.1) is 17.0 Å². The molecular weight excluding hydrogens is 331 g/mol. The minimum Gasteiger partial charge on any atom is -0.496 e. The van der Waals surface area contributed by atoms with Crippen molar-refractivity contribution in [1.29, 1.82) is 0 Å². The van der Waals surface area contributed by atoms with Crippen LogP contribution in [-0.2, 0) is 0 Å². The van der Waals surface area contributed by atoms with Gasteiger partial charge in [-0.05, 0) is 35.0 Å². The quantitative estimate of drug-likeness (QED) is 0.693. The Morgan fingerprint density at radius 3 is 2.63 bits per heavy atom. The first-order valence-corrected chi connectivity index (χ1v) is 7.00. The van der Waals surface area contributed by atoms with Gasteiger partial charge in [-0.1, -0.05) is 29.8 Å². The van der Waals surface area contributed by atoms with Crippen molar-refractivity contribution < 1.29 is 9.13 Å². The van der Waals surface area contributed by atoms with Gasteiger partial charge in [0.15, 0.2) is 0 Å². The van der Waals surface area contributed by atoms with Crippen molar-refractivity contribution in [3.05, 3.63) is 63.4 Å². The van der Waals surface area contributed by atoms with Crippen molar-refractivity contribution in [1.82, 2.24) is 0 Å². The van der Waals surface area contributed by atoms with E-state index in [1.807, 2.05) is 25.1 Å². The molecule has 2 rings (SSSR count). The SMILES string of the molecule is COc1ccc(C)cc1C(Cl)c1cccc(Br)c1F. The first-order chi connectivity index (χ1) is 9.04. The molecule has 0 fully saturated rings. The van der Waals surface area contributed by atoms with E-state index in [4.69, 9.17) is 16.3 Å². The first kappa shape index (κ1) is 14.4. The lowest BCUT2D eigenvalue weighted by atomic mass is 10.0. The molecule has 0 N–H and O–H groups in total. The molecule has 0 amide bonds. The maximum absolute atomic E-state index is 14.1. The second kappa shape index (κ2) is 5.93. The zero-order valence-corrected chi connectivity index (χ0v) is 12.9. The minimum atomic E-state index is -0.590. The third kappa shape index (κ3) is 2.93. The minimum absolute atomic E-state index is 0.342. The Kier molecular flexibility index (Phi) is 4.48. The van der Waals surface area contributed by atoms with Crippen LogP contribution in [0.4, 0.5) is 4.39 Å². The van der Waals surface area contributed by atoms with Crippen LogP contribution in [0.15, 0.2) is 40.9 Å². The van der Waals surface area contributed by atoms with Crippen molar-refractivity contribution in [2.24, 2.45) is 0 Å². The van der Waals surface area contributed by atoms with E-state index in [-0.39, 0.29) is 5.82 Å². The maximum atomic E-state index is 14.1. The number of ether oxygens (including phenoxy) is 1. The van der Waals surface area contributed by atoms with Crippen LogP contribution >= 0.6 is 27.5 Å². The Labute approximate surface area is 125 Å². The van der Waals surface area contributed by atoms with Gasteiger partial charge in [-0.2, -0.15) is 0 Å². The molecule has 0 radical (unpaired) electrons. The molecule has 1 nitrogen and oxygen atoms in total. The molecule has 0 aliphatic carbocycles. The number of halogens is 3. The molecule has 19 heavy (non-hydrogen) atoms. The summed E-state index contributed by atoms with van der Waals surface area (Å²) < 4.78 is 19.8. The number of benzene rings is 2. The zero-order chi connectivity index (χ0) is 14.0. The highest BCUT2D eigenvalue weighted by Gasteiger charge is 2.20. The Balaban J connectivity index is 2.52. The third-order valence-corrected chi connectivity index (χ3v) is 4.00. The van der Waals surface area contributed by atoms with Crippen molar-refractivity contribution in [3.63, 3.8) is 0 Å². The Morgan fingerprint density at radius 2 is 1.95 bits per heavy atom. The molecule has 100 valence electrons. The lowest BCUT2D eigenvalue weighted by Crippen LogP contribution is -2.01. The molecule has 2 aromatic carbocycles. The average molecular weight is 344 g/mol. The molecule has 0 saturated carbocycles. The molecule has 2 aromatic rings. The molecule has 0 spiro atoms. The van der Waals surface area contributed by atoms with Gasteiger partial charge >= 0.3 is 0 Å². The average Bonchev–Trinajstić information content (AvgIpc) is 2.41. The summed E-state index contributed by atoms with van der Waals surface area (Å²) in [4.78, 5) is 0. The van der Waals surface area contributed by atoms with Crippen LogP contribution in [0.25, 0.3) is 0 Å². The maximum Gasteiger partial charge on any atom is 0.142 e. The summed E-state index contributed by atoms with van der Waals surface area (Å²) in [5.74, 6) is 0.316. The molecule has 4 heteroatoms. The summed E-state index contributed by atoms with van der Waals surface area (Å²) in [6, 6.07) is 10.8. The van der Waals surface area contributed by atoms with Gasteiger partial charge in [0, 0.05) is 11.1 Å². The molecule has 0 bridgehead atoms. The van der Waals surface area contributed by atoms with E-state index in [0.29, 0.717) is 15.8 Å². The Hall–Kier alpha value is -1.06.